The van der Waals surface area contributed by atoms with Crippen molar-refractivity contribution >= 4 is 6.09 Å². The van der Waals surface area contributed by atoms with Gasteiger partial charge >= 0.3 is 6.09 Å². The van der Waals surface area contributed by atoms with E-state index in [4.69, 9.17) is 20.9 Å². The van der Waals surface area contributed by atoms with Crippen LogP contribution >= 0.6 is 0 Å². The van der Waals surface area contributed by atoms with E-state index < -0.39 is 6.09 Å². The third-order valence-corrected chi connectivity index (χ3v) is 4.00. The van der Waals surface area contributed by atoms with Gasteiger partial charge in [-0.1, -0.05) is 42.5 Å². The Bertz CT molecular complexity index is 629. The number of carbonyl (C=O) groups excluding carboxylic acids is 1. The third kappa shape index (κ3) is 6.85. The highest BCUT2D eigenvalue weighted by molar-refractivity contribution is 5.64. The van der Waals surface area contributed by atoms with E-state index in [1.807, 2.05) is 30.3 Å². The molecule has 0 bridgehead atoms. The first-order valence-corrected chi connectivity index (χ1v) is 8.58. The molecule has 0 saturated carbocycles. The largest absolute Gasteiger partial charge is 0.492 e. The summed E-state index contributed by atoms with van der Waals surface area (Å²) in [6, 6.07) is 18.5. The predicted octanol–water partition coefficient (Wildman–Crippen LogP) is 3.23. The molecule has 0 aromatic heterocycles. The van der Waals surface area contributed by atoms with Gasteiger partial charge in [-0.05, 0) is 48.4 Å². The van der Waals surface area contributed by atoms with Gasteiger partial charge in [0.25, 0.3) is 0 Å². The van der Waals surface area contributed by atoms with E-state index in [1.54, 1.807) is 0 Å². The van der Waals surface area contributed by atoms with Crippen molar-refractivity contribution in [3.63, 3.8) is 0 Å². The number of carbonyl (C=O) groups is 1. The minimum atomic E-state index is -0.721. The molecule has 0 aliphatic heterocycles. The number of primary amides is 1. The zero-order valence-corrected chi connectivity index (χ0v) is 14.4. The summed E-state index contributed by atoms with van der Waals surface area (Å²) in [5.41, 5.74) is 13.0. The average Bonchev–Trinajstić information content (AvgIpc) is 2.63. The summed E-state index contributed by atoms with van der Waals surface area (Å²) in [5, 5.41) is 0. The Labute approximate surface area is 148 Å². The highest BCUT2D eigenvalue weighted by atomic mass is 16.5. The van der Waals surface area contributed by atoms with Crippen LogP contribution in [0.2, 0.25) is 0 Å². The molecule has 0 fully saturated rings. The predicted molar refractivity (Wildman–Crippen MR) is 98.6 cm³/mol. The Morgan fingerprint density at radius 3 is 2.36 bits per heavy atom. The summed E-state index contributed by atoms with van der Waals surface area (Å²) < 4.78 is 10.4. The van der Waals surface area contributed by atoms with Crippen molar-refractivity contribution in [3.05, 3.63) is 65.7 Å². The molecule has 134 valence electrons. The molecular weight excluding hydrogens is 316 g/mol. The van der Waals surface area contributed by atoms with Crippen LogP contribution in [0, 0.1) is 0 Å². The summed E-state index contributed by atoms with van der Waals surface area (Å²) in [6.07, 6.45) is 1.89. The molecule has 2 aromatic carbocycles. The Balaban J connectivity index is 2.02. The maximum Gasteiger partial charge on any atom is 0.404 e. The van der Waals surface area contributed by atoms with Crippen LogP contribution in [-0.2, 0) is 11.2 Å². The van der Waals surface area contributed by atoms with Crippen molar-refractivity contribution in [1.82, 2.24) is 0 Å². The van der Waals surface area contributed by atoms with Crippen molar-refractivity contribution in [2.75, 3.05) is 19.8 Å². The van der Waals surface area contributed by atoms with Gasteiger partial charge in [0.1, 0.15) is 12.4 Å². The smallest absolute Gasteiger partial charge is 0.404 e. The molecule has 0 saturated heterocycles. The molecule has 5 heteroatoms. The molecule has 2 rings (SSSR count). The number of amides is 1. The Morgan fingerprint density at radius 1 is 1.00 bits per heavy atom. The average molecular weight is 342 g/mol. The summed E-state index contributed by atoms with van der Waals surface area (Å²) >= 11 is 0. The number of rotatable bonds is 10. The standard InChI is InChI=1S/C20H26N2O3/c21-12-14-24-19-10-8-17(9-11-19)18(7-4-13-25-20(22)23)15-16-5-2-1-3-6-16/h1-3,5-6,8-11,18H,4,7,12-15,21H2,(H2,22,23). The van der Waals surface area contributed by atoms with Gasteiger partial charge in [-0.3, -0.25) is 0 Å². The second kappa shape index (κ2) is 10.4. The van der Waals surface area contributed by atoms with Crippen LogP contribution in [0.25, 0.3) is 0 Å². The first-order valence-electron chi connectivity index (χ1n) is 8.58. The number of hydrogen-bond acceptors (Lipinski definition) is 4. The molecule has 1 unspecified atom stereocenters. The maximum absolute atomic E-state index is 10.7. The molecule has 2 aromatic rings. The molecule has 0 aliphatic rings. The van der Waals surface area contributed by atoms with Crippen LogP contribution in [0.5, 0.6) is 5.75 Å². The number of benzene rings is 2. The van der Waals surface area contributed by atoms with Gasteiger partial charge in [-0.2, -0.15) is 0 Å². The monoisotopic (exact) mass is 342 g/mol. The van der Waals surface area contributed by atoms with Crippen LogP contribution in [-0.4, -0.2) is 25.9 Å². The zero-order valence-electron chi connectivity index (χ0n) is 14.4. The summed E-state index contributed by atoms with van der Waals surface area (Å²) in [5.74, 6) is 1.16. The molecule has 5 nitrogen and oxygen atoms in total. The molecule has 1 amide bonds. The van der Waals surface area contributed by atoms with E-state index in [0.29, 0.717) is 25.7 Å². The minimum absolute atomic E-state index is 0.336. The fraction of sp³-hybridized carbons (Fsp3) is 0.350. The maximum atomic E-state index is 10.7. The Kier molecular flexibility index (Phi) is 7.79. The lowest BCUT2D eigenvalue weighted by Crippen LogP contribution is -2.14. The van der Waals surface area contributed by atoms with Crippen molar-refractivity contribution in [3.8, 4) is 5.75 Å². The third-order valence-electron chi connectivity index (χ3n) is 4.00. The molecule has 0 radical (unpaired) electrons. The van der Waals surface area contributed by atoms with Crippen LogP contribution in [0.1, 0.15) is 29.9 Å². The fourth-order valence-corrected chi connectivity index (χ4v) is 2.80. The normalized spacial score (nSPS) is 11.7. The van der Waals surface area contributed by atoms with Crippen molar-refractivity contribution < 1.29 is 14.3 Å². The molecule has 1 atom stereocenters. The SMILES string of the molecule is NCCOc1ccc(C(CCCOC(N)=O)Cc2ccccc2)cc1. The van der Waals surface area contributed by atoms with Gasteiger partial charge in [0.2, 0.25) is 0 Å². The van der Waals surface area contributed by atoms with Crippen LogP contribution in [0.4, 0.5) is 4.79 Å². The van der Waals surface area contributed by atoms with E-state index in [1.165, 1.54) is 11.1 Å². The quantitative estimate of drug-likeness (QED) is 0.649. The lowest BCUT2D eigenvalue weighted by atomic mass is 9.88. The lowest BCUT2D eigenvalue weighted by Gasteiger charge is -2.18. The lowest BCUT2D eigenvalue weighted by molar-refractivity contribution is 0.153. The van der Waals surface area contributed by atoms with E-state index in [-0.39, 0.29) is 0 Å². The van der Waals surface area contributed by atoms with Gasteiger partial charge in [-0.25, -0.2) is 4.79 Å². The fourth-order valence-electron chi connectivity index (χ4n) is 2.80. The highest BCUT2D eigenvalue weighted by Crippen LogP contribution is 2.27. The van der Waals surface area contributed by atoms with Gasteiger partial charge in [0.15, 0.2) is 0 Å². The van der Waals surface area contributed by atoms with E-state index in [2.05, 4.69) is 24.3 Å². The first-order chi connectivity index (χ1) is 12.2. The van der Waals surface area contributed by atoms with Crippen molar-refractivity contribution in [2.24, 2.45) is 11.5 Å². The van der Waals surface area contributed by atoms with Crippen LogP contribution in [0.15, 0.2) is 54.6 Å². The Morgan fingerprint density at radius 2 is 1.72 bits per heavy atom. The summed E-state index contributed by atoms with van der Waals surface area (Å²) in [7, 11) is 0. The van der Waals surface area contributed by atoms with Gasteiger partial charge < -0.3 is 20.9 Å². The molecular formula is C20H26N2O3. The Hall–Kier alpha value is -2.53. The van der Waals surface area contributed by atoms with Gasteiger partial charge in [0, 0.05) is 6.54 Å². The summed E-state index contributed by atoms with van der Waals surface area (Å²) in [4.78, 5) is 10.7. The molecule has 0 spiro atoms. The topological polar surface area (TPSA) is 87.6 Å². The highest BCUT2D eigenvalue weighted by Gasteiger charge is 2.13. The zero-order chi connectivity index (χ0) is 17.9. The molecule has 25 heavy (non-hydrogen) atoms. The second-order valence-corrected chi connectivity index (χ2v) is 5.90. The number of nitrogens with two attached hydrogens (primary N) is 2. The molecule has 0 aliphatic carbocycles. The summed E-state index contributed by atoms with van der Waals surface area (Å²) in [6.45, 7) is 1.35. The van der Waals surface area contributed by atoms with Gasteiger partial charge in [-0.15, -0.1) is 0 Å². The van der Waals surface area contributed by atoms with E-state index in [9.17, 15) is 4.79 Å². The number of hydrogen-bond donors (Lipinski definition) is 2. The van der Waals surface area contributed by atoms with Crippen LogP contribution in [0.3, 0.4) is 0 Å². The van der Waals surface area contributed by atoms with Gasteiger partial charge in [0.05, 0.1) is 6.61 Å². The van der Waals surface area contributed by atoms with E-state index >= 15 is 0 Å². The first kappa shape index (κ1) is 18.8. The minimum Gasteiger partial charge on any atom is -0.492 e. The van der Waals surface area contributed by atoms with Crippen molar-refractivity contribution in [1.29, 1.82) is 0 Å². The molecule has 0 heterocycles. The van der Waals surface area contributed by atoms with Crippen molar-refractivity contribution in [2.45, 2.75) is 25.2 Å². The van der Waals surface area contributed by atoms with Crippen LogP contribution < -0.4 is 16.2 Å². The number of ether oxygens (including phenoxy) is 2. The molecule has 4 N–H and O–H groups in total. The second-order valence-electron chi connectivity index (χ2n) is 5.90. The van der Waals surface area contributed by atoms with E-state index in [0.717, 1.165) is 25.0 Å².